The molecule has 1 heterocycles. The predicted octanol–water partition coefficient (Wildman–Crippen LogP) is 3.47. The van der Waals surface area contributed by atoms with E-state index in [2.05, 4.69) is 20.9 Å². The van der Waals surface area contributed by atoms with Gasteiger partial charge in [-0.3, -0.25) is 24.2 Å². The number of aliphatic carboxylic acids is 1. The molecule has 0 radical (unpaired) electrons. The Morgan fingerprint density at radius 3 is 2.12 bits per heavy atom. The second kappa shape index (κ2) is 15.8. The number of carboxylic acid groups (broad SMARTS) is 1. The molecule has 1 aromatic heterocycles. The Bertz CT molecular complexity index is 1390. The molecule has 2 aromatic carbocycles. The third-order valence-corrected chi connectivity index (χ3v) is 7.09. The van der Waals surface area contributed by atoms with Crippen molar-refractivity contribution >= 4 is 34.5 Å². The standard InChI is InChI=1S/C33H42N4O6/c1-20(2)15-26(29(38)18-30(39)40)35-32(42)27(16-21(3)4)37-33(43)28(36-31(41)24-12-8-14-34-19-24)17-23-11-7-10-22-9-5-6-13-25(22)23/h5-14,19-21,26-29,38H,15-18H2,1-4H3,(H,35,42)(H,36,41)(H,37,43)(H,39,40)/t26-,27-,28-,29-/m0/s1. The van der Waals surface area contributed by atoms with Crippen LogP contribution >= 0.6 is 0 Å². The van der Waals surface area contributed by atoms with Crippen LogP contribution in [0.2, 0.25) is 0 Å². The summed E-state index contributed by atoms with van der Waals surface area (Å²) in [7, 11) is 0. The monoisotopic (exact) mass is 590 g/mol. The van der Waals surface area contributed by atoms with Crippen molar-refractivity contribution in [2.75, 3.05) is 0 Å². The van der Waals surface area contributed by atoms with Gasteiger partial charge in [0.25, 0.3) is 5.91 Å². The fraction of sp³-hybridized carbons (Fsp3) is 0.424. The van der Waals surface area contributed by atoms with Gasteiger partial charge in [0.05, 0.1) is 24.1 Å². The van der Waals surface area contributed by atoms with Crippen molar-refractivity contribution in [1.82, 2.24) is 20.9 Å². The number of benzene rings is 2. The maximum absolute atomic E-state index is 13.8. The molecular weight excluding hydrogens is 548 g/mol. The van der Waals surface area contributed by atoms with Gasteiger partial charge in [0.2, 0.25) is 11.8 Å². The Morgan fingerprint density at radius 1 is 0.791 bits per heavy atom. The third kappa shape index (κ3) is 10.2. The average molecular weight is 591 g/mol. The maximum atomic E-state index is 13.8. The lowest BCUT2D eigenvalue weighted by Gasteiger charge is -2.29. The number of pyridine rings is 1. The van der Waals surface area contributed by atoms with Gasteiger partial charge in [0.1, 0.15) is 12.1 Å². The van der Waals surface area contributed by atoms with E-state index in [-0.39, 0.29) is 18.3 Å². The largest absolute Gasteiger partial charge is 0.481 e. The Labute approximate surface area is 252 Å². The Kier molecular flexibility index (Phi) is 12.2. The highest BCUT2D eigenvalue weighted by Crippen LogP contribution is 2.20. The number of aliphatic hydroxyl groups excluding tert-OH is 1. The van der Waals surface area contributed by atoms with Crippen LogP contribution in [0.1, 0.15) is 62.9 Å². The van der Waals surface area contributed by atoms with Gasteiger partial charge in [-0.1, -0.05) is 70.2 Å². The molecule has 0 bridgehead atoms. The van der Waals surface area contributed by atoms with Gasteiger partial charge in [-0.25, -0.2) is 0 Å². The van der Waals surface area contributed by atoms with Crippen molar-refractivity contribution < 1.29 is 29.4 Å². The van der Waals surface area contributed by atoms with Crippen molar-refractivity contribution in [1.29, 1.82) is 0 Å². The molecule has 3 amide bonds. The lowest BCUT2D eigenvalue weighted by Crippen LogP contribution is -2.57. The van der Waals surface area contributed by atoms with E-state index in [0.29, 0.717) is 18.4 Å². The molecule has 0 unspecified atom stereocenters. The summed E-state index contributed by atoms with van der Waals surface area (Å²) in [4.78, 5) is 55.7. The summed E-state index contributed by atoms with van der Waals surface area (Å²) in [5.74, 6) is -2.64. The number of rotatable bonds is 15. The molecule has 0 saturated carbocycles. The number of nitrogens with zero attached hydrogens (tertiary/aromatic N) is 1. The number of aliphatic hydroxyl groups is 1. The van der Waals surface area contributed by atoms with Crippen LogP contribution in [0.25, 0.3) is 10.8 Å². The number of carbonyl (C=O) groups excluding carboxylic acids is 3. The summed E-state index contributed by atoms with van der Waals surface area (Å²) in [5.41, 5.74) is 1.14. The van der Waals surface area contributed by atoms with E-state index in [9.17, 15) is 29.4 Å². The molecule has 3 aromatic rings. The van der Waals surface area contributed by atoms with Gasteiger partial charge in [-0.2, -0.15) is 0 Å². The minimum absolute atomic E-state index is 0.0186. The van der Waals surface area contributed by atoms with Gasteiger partial charge in [0, 0.05) is 18.8 Å². The average Bonchev–Trinajstić information content (AvgIpc) is 2.95. The van der Waals surface area contributed by atoms with Gasteiger partial charge < -0.3 is 26.2 Å². The van der Waals surface area contributed by atoms with Crippen LogP contribution in [0, 0.1) is 11.8 Å². The summed E-state index contributed by atoms with van der Waals surface area (Å²) in [6.45, 7) is 7.63. The molecule has 5 N–H and O–H groups in total. The fourth-order valence-electron chi connectivity index (χ4n) is 5.04. The summed E-state index contributed by atoms with van der Waals surface area (Å²) >= 11 is 0. The van der Waals surface area contributed by atoms with Crippen molar-refractivity contribution in [3.05, 3.63) is 78.1 Å². The molecule has 4 atom stereocenters. The van der Waals surface area contributed by atoms with Crippen LogP contribution in [-0.4, -0.2) is 63.1 Å². The van der Waals surface area contributed by atoms with E-state index in [1.807, 2.05) is 70.2 Å². The van der Waals surface area contributed by atoms with E-state index >= 15 is 0 Å². The minimum Gasteiger partial charge on any atom is -0.481 e. The molecule has 230 valence electrons. The quantitative estimate of drug-likeness (QED) is 0.181. The molecule has 0 aliphatic carbocycles. The number of nitrogens with one attached hydrogen (secondary N) is 3. The zero-order valence-corrected chi connectivity index (χ0v) is 25.1. The van der Waals surface area contributed by atoms with Crippen molar-refractivity contribution in [3.63, 3.8) is 0 Å². The van der Waals surface area contributed by atoms with E-state index in [4.69, 9.17) is 0 Å². The Hall–Kier alpha value is -4.31. The van der Waals surface area contributed by atoms with E-state index in [1.54, 1.807) is 18.3 Å². The summed E-state index contributed by atoms with van der Waals surface area (Å²) in [6, 6.07) is 13.9. The number of aromatic nitrogens is 1. The van der Waals surface area contributed by atoms with Crippen LogP contribution in [0.5, 0.6) is 0 Å². The fourth-order valence-corrected chi connectivity index (χ4v) is 5.04. The lowest BCUT2D eigenvalue weighted by atomic mass is 9.95. The molecule has 0 aliphatic heterocycles. The third-order valence-electron chi connectivity index (χ3n) is 7.09. The van der Waals surface area contributed by atoms with Gasteiger partial charge in [0.15, 0.2) is 0 Å². The topological polar surface area (TPSA) is 158 Å². The highest BCUT2D eigenvalue weighted by molar-refractivity contribution is 5.98. The number of fused-ring (bicyclic) bond motifs is 1. The SMILES string of the molecule is CC(C)C[C@H](NC(=O)[C@H](Cc1cccc2ccccc12)NC(=O)c1cccnc1)C(=O)N[C@@H](CC(C)C)[C@@H](O)CC(=O)O. The summed E-state index contributed by atoms with van der Waals surface area (Å²) < 4.78 is 0. The highest BCUT2D eigenvalue weighted by atomic mass is 16.4. The van der Waals surface area contributed by atoms with Crippen LogP contribution in [0.3, 0.4) is 0 Å². The smallest absolute Gasteiger partial charge is 0.306 e. The molecule has 10 nitrogen and oxygen atoms in total. The van der Waals surface area contributed by atoms with Crippen LogP contribution in [-0.2, 0) is 20.8 Å². The molecule has 0 spiro atoms. The Balaban J connectivity index is 1.88. The van der Waals surface area contributed by atoms with Crippen LogP contribution < -0.4 is 16.0 Å². The first-order valence-electron chi connectivity index (χ1n) is 14.6. The van der Waals surface area contributed by atoms with E-state index in [1.165, 1.54) is 6.20 Å². The molecule has 0 aliphatic rings. The van der Waals surface area contributed by atoms with E-state index < -0.39 is 54.3 Å². The lowest BCUT2D eigenvalue weighted by molar-refractivity contribution is -0.140. The van der Waals surface area contributed by atoms with Crippen LogP contribution in [0.15, 0.2) is 67.0 Å². The zero-order chi connectivity index (χ0) is 31.5. The number of carbonyl (C=O) groups is 4. The van der Waals surface area contributed by atoms with Crippen LogP contribution in [0.4, 0.5) is 0 Å². The van der Waals surface area contributed by atoms with Gasteiger partial charge in [-0.15, -0.1) is 0 Å². The first-order valence-corrected chi connectivity index (χ1v) is 14.6. The summed E-state index contributed by atoms with van der Waals surface area (Å²) in [5, 5.41) is 30.1. The molecule has 43 heavy (non-hydrogen) atoms. The number of hydrogen-bond donors (Lipinski definition) is 5. The number of amides is 3. The highest BCUT2D eigenvalue weighted by Gasteiger charge is 2.31. The first-order chi connectivity index (χ1) is 20.4. The second-order valence-electron chi connectivity index (χ2n) is 11.7. The van der Waals surface area contributed by atoms with Gasteiger partial charge >= 0.3 is 5.97 Å². The zero-order valence-electron chi connectivity index (χ0n) is 25.1. The molecular formula is C33H42N4O6. The Morgan fingerprint density at radius 2 is 1.47 bits per heavy atom. The molecule has 0 fully saturated rings. The van der Waals surface area contributed by atoms with Crippen molar-refractivity contribution in [2.24, 2.45) is 11.8 Å². The summed E-state index contributed by atoms with van der Waals surface area (Å²) in [6.07, 6.45) is 1.96. The minimum atomic E-state index is -1.29. The predicted molar refractivity (Wildman–Crippen MR) is 164 cm³/mol. The normalized spacial score (nSPS) is 14.1. The molecule has 3 rings (SSSR count). The molecule has 10 heteroatoms. The maximum Gasteiger partial charge on any atom is 0.306 e. The van der Waals surface area contributed by atoms with E-state index in [0.717, 1.165) is 16.3 Å². The number of carboxylic acids is 1. The second-order valence-corrected chi connectivity index (χ2v) is 11.7. The molecule has 0 saturated heterocycles. The number of hydrogen-bond acceptors (Lipinski definition) is 6. The van der Waals surface area contributed by atoms with Crippen molar-refractivity contribution in [2.45, 2.75) is 77.6 Å². The van der Waals surface area contributed by atoms with Gasteiger partial charge in [-0.05, 0) is 53.1 Å². The first kappa shape index (κ1) is 33.2. The van der Waals surface area contributed by atoms with Crippen molar-refractivity contribution in [3.8, 4) is 0 Å².